The van der Waals surface area contributed by atoms with Gasteiger partial charge < -0.3 is 30.1 Å². The van der Waals surface area contributed by atoms with Crippen molar-refractivity contribution < 1.29 is 19.4 Å². The lowest BCUT2D eigenvalue weighted by Crippen LogP contribution is -2.50. The van der Waals surface area contributed by atoms with Crippen molar-refractivity contribution in [3.63, 3.8) is 0 Å². The summed E-state index contributed by atoms with van der Waals surface area (Å²) in [6.07, 6.45) is 1.39. The molecule has 7 heteroatoms. The van der Waals surface area contributed by atoms with Crippen LogP contribution in [0, 0.1) is 0 Å². The highest BCUT2D eigenvalue weighted by atomic mass is 16.6. The zero-order chi connectivity index (χ0) is 24.2. The number of fused-ring (bicyclic) bond motifs is 2. The lowest BCUT2D eigenvalue weighted by atomic mass is 9.99. The third kappa shape index (κ3) is 5.36. The number of aliphatic hydroxyl groups is 1. The molecule has 2 amide bonds. The van der Waals surface area contributed by atoms with Crippen LogP contribution in [0.5, 0.6) is 11.5 Å². The van der Waals surface area contributed by atoms with Crippen molar-refractivity contribution in [2.75, 3.05) is 32.8 Å². The minimum absolute atomic E-state index is 0.194. The van der Waals surface area contributed by atoms with Crippen LogP contribution in [0.2, 0.25) is 0 Å². The average Bonchev–Trinajstić information content (AvgIpc) is 3.40. The first kappa shape index (κ1) is 23.5. The molecule has 1 saturated heterocycles. The van der Waals surface area contributed by atoms with Crippen molar-refractivity contribution in [2.24, 2.45) is 0 Å². The van der Waals surface area contributed by atoms with Gasteiger partial charge in [0.1, 0.15) is 19.3 Å². The van der Waals surface area contributed by atoms with Gasteiger partial charge in [0, 0.05) is 6.54 Å². The van der Waals surface area contributed by atoms with Crippen LogP contribution in [0.15, 0.2) is 60.7 Å². The monoisotopic (exact) mass is 475 g/mol. The van der Waals surface area contributed by atoms with E-state index in [1.807, 2.05) is 49.4 Å². The topological polar surface area (TPSA) is 83.1 Å². The number of nitrogens with zero attached hydrogens (tertiary/aromatic N) is 1. The molecule has 7 nitrogen and oxygen atoms in total. The molecule has 35 heavy (non-hydrogen) atoms. The largest absolute Gasteiger partial charge is 0.486 e. The number of hydrogen-bond acceptors (Lipinski definition) is 5. The second kappa shape index (κ2) is 10.5. The molecule has 2 aliphatic rings. The Bertz CT molecular complexity index is 1170. The second-order valence-electron chi connectivity index (χ2n) is 9.37. The highest BCUT2D eigenvalue weighted by Gasteiger charge is 2.28. The molecular weight excluding hydrogens is 442 g/mol. The van der Waals surface area contributed by atoms with Crippen LogP contribution in [0.4, 0.5) is 4.79 Å². The number of rotatable bonds is 7. The van der Waals surface area contributed by atoms with E-state index in [9.17, 15) is 9.90 Å². The minimum atomic E-state index is -0.884. The normalized spacial score (nSPS) is 18.1. The predicted octanol–water partition coefficient (Wildman–Crippen LogP) is 4.17. The summed E-state index contributed by atoms with van der Waals surface area (Å²) in [5.74, 6) is 1.31. The fraction of sp³-hybridized carbons (Fsp3) is 0.393. The van der Waals surface area contributed by atoms with Gasteiger partial charge in [-0.3, -0.25) is 0 Å². The first-order valence-corrected chi connectivity index (χ1v) is 12.4. The Hall–Kier alpha value is -3.29. The molecule has 3 N–H and O–H groups in total. The van der Waals surface area contributed by atoms with E-state index in [1.54, 1.807) is 0 Å². The van der Waals surface area contributed by atoms with Crippen molar-refractivity contribution in [1.82, 2.24) is 15.5 Å². The van der Waals surface area contributed by atoms with E-state index in [0.717, 1.165) is 42.3 Å². The van der Waals surface area contributed by atoms with Gasteiger partial charge in [0.2, 0.25) is 0 Å². The number of carbonyl (C=O) groups is 1. The van der Waals surface area contributed by atoms with Crippen molar-refractivity contribution >= 4 is 16.8 Å². The summed E-state index contributed by atoms with van der Waals surface area (Å²) in [5.41, 5.74) is 1.75. The molecule has 0 spiro atoms. The molecule has 5 rings (SSSR count). The van der Waals surface area contributed by atoms with Crippen LogP contribution in [0.1, 0.15) is 43.0 Å². The number of likely N-dealkylation sites (tertiary alicyclic amines) is 1. The maximum absolute atomic E-state index is 13.1. The Morgan fingerprint density at radius 1 is 0.971 bits per heavy atom. The summed E-state index contributed by atoms with van der Waals surface area (Å²) in [4.78, 5) is 15.4. The maximum Gasteiger partial charge on any atom is 0.315 e. The first-order chi connectivity index (χ1) is 17.1. The number of amides is 2. The Morgan fingerprint density at radius 2 is 1.71 bits per heavy atom. The number of ether oxygens (including phenoxy) is 2. The van der Waals surface area contributed by atoms with Gasteiger partial charge >= 0.3 is 6.03 Å². The molecule has 1 fully saturated rings. The highest BCUT2D eigenvalue weighted by Crippen LogP contribution is 2.33. The van der Waals surface area contributed by atoms with E-state index in [1.165, 1.54) is 0 Å². The summed E-state index contributed by atoms with van der Waals surface area (Å²) >= 11 is 0. The number of urea groups is 1. The molecular formula is C28H33N3O4. The smallest absolute Gasteiger partial charge is 0.315 e. The van der Waals surface area contributed by atoms with Gasteiger partial charge in [0.25, 0.3) is 0 Å². The van der Waals surface area contributed by atoms with Gasteiger partial charge in [-0.25, -0.2) is 4.79 Å². The fourth-order valence-electron chi connectivity index (χ4n) is 5.06. The first-order valence-electron chi connectivity index (χ1n) is 12.4. The van der Waals surface area contributed by atoms with E-state index >= 15 is 0 Å². The number of aliphatic hydroxyl groups excluding tert-OH is 1. The van der Waals surface area contributed by atoms with Crippen molar-refractivity contribution in [3.8, 4) is 11.5 Å². The average molecular weight is 476 g/mol. The summed E-state index contributed by atoms with van der Waals surface area (Å²) in [6.45, 7) is 5.50. The van der Waals surface area contributed by atoms with E-state index in [0.29, 0.717) is 36.8 Å². The Kier molecular flexibility index (Phi) is 7.06. The molecule has 0 aliphatic carbocycles. The van der Waals surface area contributed by atoms with Crippen molar-refractivity contribution in [3.05, 3.63) is 71.8 Å². The number of hydrogen-bond donors (Lipinski definition) is 3. The second-order valence-corrected chi connectivity index (χ2v) is 9.37. The van der Waals surface area contributed by atoms with Gasteiger partial charge in [0.15, 0.2) is 11.5 Å². The van der Waals surface area contributed by atoms with Crippen LogP contribution in [0.3, 0.4) is 0 Å². The minimum Gasteiger partial charge on any atom is -0.486 e. The lowest BCUT2D eigenvalue weighted by Gasteiger charge is -2.30. The Balaban J connectivity index is 1.31. The lowest BCUT2D eigenvalue weighted by molar-refractivity contribution is 0.108. The Labute approximate surface area is 206 Å². The van der Waals surface area contributed by atoms with Crippen molar-refractivity contribution in [2.45, 2.75) is 38.0 Å². The number of nitrogens with one attached hydrogen (secondary N) is 2. The summed E-state index contributed by atoms with van der Waals surface area (Å²) in [6, 6.07) is 18.8. The standard InChI is InChI=1S/C28H33N3O4/c1-19(22-10-6-8-20-7-2-3-9-23(20)22)29-28(33)30-24(18-31-13-4-5-14-31)27(32)21-11-12-25-26(17-21)35-16-15-34-25/h2-3,6-12,17,19,24,27,32H,4-5,13-16,18H2,1H3,(H2,29,30,33)/t19-,24+,27+/m0/s1. The molecule has 2 heterocycles. The van der Waals surface area contributed by atoms with Crippen LogP contribution in [0.25, 0.3) is 10.8 Å². The van der Waals surface area contributed by atoms with Gasteiger partial charge in [-0.1, -0.05) is 48.5 Å². The Morgan fingerprint density at radius 3 is 2.54 bits per heavy atom. The molecule has 0 bridgehead atoms. The molecule has 184 valence electrons. The zero-order valence-electron chi connectivity index (χ0n) is 20.1. The maximum atomic E-state index is 13.1. The summed E-state index contributed by atoms with van der Waals surface area (Å²) < 4.78 is 11.3. The molecule has 0 unspecified atom stereocenters. The summed E-state index contributed by atoms with van der Waals surface area (Å²) in [5, 5.41) is 19.7. The highest BCUT2D eigenvalue weighted by molar-refractivity contribution is 5.86. The van der Waals surface area contributed by atoms with Gasteiger partial charge in [-0.15, -0.1) is 0 Å². The molecule has 3 atom stereocenters. The third-order valence-corrected chi connectivity index (χ3v) is 6.90. The molecule has 0 aromatic heterocycles. The fourth-order valence-corrected chi connectivity index (χ4v) is 5.06. The molecule has 3 aromatic rings. The van der Waals surface area contributed by atoms with Crippen LogP contribution in [-0.2, 0) is 0 Å². The number of benzene rings is 3. The van der Waals surface area contributed by atoms with Crippen molar-refractivity contribution in [1.29, 1.82) is 0 Å². The van der Waals surface area contributed by atoms with E-state index < -0.39 is 12.1 Å². The van der Waals surface area contributed by atoms with E-state index in [4.69, 9.17) is 9.47 Å². The van der Waals surface area contributed by atoms with Crippen LogP contribution < -0.4 is 20.1 Å². The van der Waals surface area contributed by atoms with Gasteiger partial charge in [0.05, 0.1) is 12.1 Å². The molecule has 3 aromatic carbocycles. The predicted molar refractivity (Wildman–Crippen MR) is 136 cm³/mol. The summed E-state index contributed by atoms with van der Waals surface area (Å²) in [7, 11) is 0. The van der Waals surface area contributed by atoms with E-state index in [2.05, 4.69) is 33.7 Å². The van der Waals surface area contributed by atoms with E-state index in [-0.39, 0.29) is 12.1 Å². The van der Waals surface area contributed by atoms with Gasteiger partial charge in [-0.2, -0.15) is 0 Å². The SMILES string of the molecule is C[C@H](NC(=O)N[C@H](CN1CCCC1)[C@H](O)c1ccc2c(c1)OCCO2)c1cccc2ccccc12. The zero-order valence-corrected chi connectivity index (χ0v) is 20.1. The van der Waals surface area contributed by atoms with Crippen LogP contribution >= 0.6 is 0 Å². The third-order valence-electron chi connectivity index (χ3n) is 6.90. The quantitative estimate of drug-likeness (QED) is 0.478. The molecule has 0 radical (unpaired) electrons. The van der Waals surface area contributed by atoms with Gasteiger partial charge in [-0.05, 0) is 66.9 Å². The molecule has 2 aliphatic heterocycles. The van der Waals surface area contributed by atoms with Crippen LogP contribution in [-0.4, -0.2) is 54.9 Å². The number of carbonyl (C=O) groups excluding carboxylic acids is 1. The molecule has 0 saturated carbocycles.